The van der Waals surface area contributed by atoms with Gasteiger partial charge in [0.1, 0.15) is 0 Å². The molecule has 1 aromatic heterocycles. The molecule has 0 saturated heterocycles. The summed E-state index contributed by atoms with van der Waals surface area (Å²) < 4.78 is 1.89. The fraction of sp³-hybridized carbons (Fsp3) is 0.333. The summed E-state index contributed by atoms with van der Waals surface area (Å²) in [7, 11) is 0. The minimum absolute atomic E-state index is 0.156. The number of aromatic nitrogens is 2. The predicted octanol–water partition coefficient (Wildman–Crippen LogP) is 1.45. The van der Waals surface area contributed by atoms with Crippen LogP contribution >= 0.6 is 0 Å². The summed E-state index contributed by atoms with van der Waals surface area (Å²) in [6.07, 6.45) is 0. The minimum Gasteiger partial charge on any atom is -0.351 e. The number of hydrogen-bond donors (Lipinski definition) is 2. The Morgan fingerprint density at radius 2 is 2.00 bits per heavy atom. The molecule has 0 aliphatic heterocycles. The lowest BCUT2D eigenvalue weighted by Crippen LogP contribution is -2.38. The highest BCUT2D eigenvalue weighted by molar-refractivity contribution is 5.80. The van der Waals surface area contributed by atoms with Crippen molar-refractivity contribution in [1.82, 2.24) is 15.1 Å². The number of benzene rings is 1. The van der Waals surface area contributed by atoms with Gasteiger partial charge in [0.25, 0.3) is 0 Å². The van der Waals surface area contributed by atoms with Crippen molar-refractivity contribution in [3.63, 3.8) is 0 Å². The number of nitrogens with two attached hydrogens (primary N) is 1. The molecule has 106 valence electrons. The van der Waals surface area contributed by atoms with E-state index in [1.165, 1.54) is 0 Å². The molecule has 1 amide bonds. The predicted molar refractivity (Wildman–Crippen MR) is 78.5 cm³/mol. The van der Waals surface area contributed by atoms with Crippen LogP contribution in [0, 0.1) is 13.8 Å². The van der Waals surface area contributed by atoms with E-state index in [2.05, 4.69) is 10.4 Å². The molecule has 5 heteroatoms. The van der Waals surface area contributed by atoms with E-state index in [4.69, 9.17) is 5.73 Å². The van der Waals surface area contributed by atoms with Crippen molar-refractivity contribution in [1.29, 1.82) is 0 Å². The number of nitrogens with zero attached hydrogens (tertiary/aromatic N) is 2. The third kappa shape index (κ3) is 2.88. The molecule has 0 fully saturated rings. The summed E-state index contributed by atoms with van der Waals surface area (Å²) in [4.78, 5) is 11.6. The van der Waals surface area contributed by atoms with Gasteiger partial charge in [-0.2, -0.15) is 5.10 Å². The van der Waals surface area contributed by atoms with E-state index in [0.717, 1.165) is 22.6 Å². The molecule has 0 aliphatic rings. The molecule has 0 unspecified atom stereocenters. The fourth-order valence-electron chi connectivity index (χ4n) is 2.09. The zero-order chi connectivity index (χ0) is 14.7. The number of aryl methyl sites for hydroxylation is 1. The Morgan fingerprint density at radius 3 is 2.60 bits per heavy atom. The molecular weight excluding hydrogens is 252 g/mol. The van der Waals surface area contributed by atoms with E-state index in [1.807, 2.05) is 48.9 Å². The average Bonchev–Trinajstić information content (AvgIpc) is 2.72. The molecule has 0 aliphatic carbocycles. The normalized spacial score (nSPS) is 12.2. The van der Waals surface area contributed by atoms with Crippen LogP contribution in [0.1, 0.15) is 23.9 Å². The standard InChI is InChI=1S/C15H20N4O/c1-10(16)15(20)17-9-14-11(2)18-19(12(14)3)13-7-5-4-6-8-13/h4-8,10H,9,16H2,1-3H3,(H,17,20)/t10-/m1/s1. The minimum atomic E-state index is -0.500. The highest BCUT2D eigenvalue weighted by Crippen LogP contribution is 2.17. The molecule has 20 heavy (non-hydrogen) atoms. The monoisotopic (exact) mass is 272 g/mol. The van der Waals surface area contributed by atoms with Crippen molar-refractivity contribution in [3.05, 3.63) is 47.3 Å². The van der Waals surface area contributed by atoms with Crippen LogP contribution in [0.4, 0.5) is 0 Å². The molecule has 5 nitrogen and oxygen atoms in total. The topological polar surface area (TPSA) is 72.9 Å². The Labute approximate surface area is 118 Å². The number of amides is 1. The van der Waals surface area contributed by atoms with Crippen molar-refractivity contribution in [2.75, 3.05) is 0 Å². The molecule has 1 aromatic carbocycles. The Bertz CT molecular complexity index is 602. The number of carbonyl (C=O) groups is 1. The van der Waals surface area contributed by atoms with Crippen molar-refractivity contribution >= 4 is 5.91 Å². The summed E-state index contributed by atoms with van der Waals surface area (Å²) in [5.74, 6) is -0.156. The Kier molecular flexibility index (Phi) is 4.20. The molecule has 0 radical (unpaired) electrons. The quantitative estimate of drug-likeness (QED) is 0.885. The summed E-state index contributed by atoms with van der Waals surface area (Å²) >= 11 is 0. The van der Waals surface area contributed by atoms with Gasteiger partial charge in [0.05, 0.1) is 17.4 Å². The van der Waals surface area contributed by atoms with Crippen LogP contribution in [0.25, 0.3) is 5.69 Å². The molecule has 2 aromatic rings. The van der Waals surface area contributed by atoms with Crippen LogP contribution in [0.2, 0.25) is 0 Å². The first-order valence-electron chi connectivity index (χ1n) is 6.64. The number of carbonyl (C=O) groups excluding carboxylic acids is 1. The van der Waals surface area contributed by atoms with E-state index in [-0.39, 0.29) is 5.91 Å². The Hall–Kier alpha value is -2.14. The molecule has 0 saturated carbocycles. The molecule has 0 bridgehead atoms. The summed E-state index contributed by atoms with van der Waals surface area (Å²) in [5.41, 5.74) is 9.52. The molecule has 3 N–H and O–H groups in total. The zero-order valence-corrected chi connectivity index (χ0v) is 12.1. The van der Waals surface area contributed by atoms with Crippen LogP contribution < -0.4 is 11.1 Å². The van der Waals surface area contributed by atoms with Gasteiger partial charge in [0.15, 0.2) is 0 Å². The van der Waals surface area contributed by atoms with E-state index in [9.17, 15) is 4.79 Å². The van der Waals surface area contributed by atoms with Crippen LogP contribution in [-0.4, -0.2) is 21.7 Å². The average molecular weight is 272 g/mol. The summed E-state index contributed by atoms with van der Waals surface area (Å²) in [6, 6.07) is 9.43. The largest absolute Gasteiger partial charge is 0.351 e. The van der Waals surface area contributed by atoms with Gasteiger partial charge in [0.2, 0.25) is 5.91 Å². The SMILES string of the molecule is Cc1nn(-c2ccccc2)c(C)c1CNC(=O)[C@@H](C)N. The maximum Gasteiger partial charge on any atom is 0.236 e. The summed E-state index contributed by atoms with van der Waals surface area (Å²) in [6.45, 7) is 6.06. The Balaban J connectivity index is 2.24. The maximum atomic E-state index is 11.6. The van der Waals surface area contributed by atoms with Gasteiger partial charge in [-0.3, -0.25) is 4.79 Å². The number of para-hydroxylation sites is 1. The summed E-state index contributed by atoms with van der Waals surface area (Å²) in [5, 5.41) is 7.36. The molecule has 2 rings (SSSR count). The van der Waals surface area contributed by atoms with Gasteiger partial charge in [-0.05, 0) is 32.9 Å². The third-order valence-corrected chi connectivity index (χ3v) is 3.29. The van der Waals surface area contributed by atoms with Crippen LogP contribution in [-0.2, 0) is 11.3 Å². The smallest absolute Gasteiger partial charge is 0.236 e. The lowest BCUT2D eigenvalue weighted by atomic mass is 10.2. The first-order chi connectivity index (χ1) is 9.50. The second-order valence-electron chi connectivity index (χ2n) is 4.90. The number of hydrogen-bond acceptors (Lipinski definition) is 3. The van der Waals surface area contributed by atoms with Crippen molar-refractivity contribution in [3.8, 4) is 5.69 Å². The molecule has 1 heterocycles. The van der Waals surface area contributed by atoms with E-state index in [0.29, 0.717) is 6.54 Å². The van der Waals surface area contributed by atoms with Gasteiger partial charge >= 0.3 is 0 Å². The van der Waals surface area contributed by atoms with Gasteiger partial charge < -0.3 is 11.1 Å². The number of nitrogens with one attached hydrogen (secondary N) is 1. The van der Waals surface area contributed by atoms with Crippen LogP contribution in [0.3, 0.4) is 0 Å². The lowest BCUT2D eigenvalue weighted by molar-refractivity contribution is -0.122. The maximum absolute atomic E-state index is 11.6. The molecule has 0 spiro atoms. The van der Waals surface area contributed by atoms with Gasteiger partial charge in [-0.1, -0.05) is 18.2 Å². The molecule has 1 atom stereocenters. The van der Waals surface area contributed by atoms with Crippen molar-refractivity contribution in [2.24, 2.45) is 5.73 Å². The molecular formula is C15H20N4O. The first kappa shape index (κ1) is 14.3. The van der Waals surface area contributed by atoms with Gasteiger partial charge in [-0.25, -0.2) is 4.68 Å². The Morgan fingerprint density at radius 1 is 1.35 bits per heavy atom. The van der Waals surface area contributed by atoms with Crippen LogP contribution in [0.5, 0.6) is 0 Å². The van der Waals surface area contributed by atoms with E-state index >= 15 is 0 Å². The second kappa shape index (κ2) is 5.88. The number of rotatable bonds is 4. The fourth-order valence-corrected chi connectivity index (χ4v) is 2.09. The zero-order valence-electron chi connectivity index (χ0n) is 12.1. The van der Waals surface area contributed by atoms with E-state index < -0.39 is 6.04 Å². The lowest BCUT2D eigenvalue weighted by Gasteiger charge is -2.08. The highest BCUT2D eigenvalue weighted by atomic mass is 16.2. The van der Waals surface area contributed by atoms with E-state index in [1.54, 1.807) is 6.92 Å². The van der Waals surface area contributed by atoms with Crippen LogP contribution in [0.15, 0.2) is 30.3 Å². The third-order valence-electron chi connectivity index (χ3n) is 3.29. The van der Waals surface area contributed by atoms with Gasteiger partial charge in [0, 0.05) is 17.8 Å². The highest BCUT2D eigenvalue weighted by Gasteiger charge is 2.14. The van der Waals surface area contributed by atoms with Gasteiger partial charge in [-0.15, -0.1) is 0 Å². The van der Waals surface area contributed by atoms with Crippen molar-refractivity contribution in [2.45, 2.75) is 33.4 Å². The first-order valence-corrected chi connectivity index (χ1v) is 6.64. The second-order valence-corrected chi connectivity index (χ2v) is 4.90. The van der Waals surface area contributed by atoms with Crippen molar-refractivity contribution < 1.29 is 4.79 Å².